The van der Waals surface area contributed by atoms with E-state index in [0.717, 1.165) is 5.56 Å². The van der Waals surface area contributed by atoms with E-state index in [1.807, 2.05) is 31.2 Å². The van der Waals surface area contributed by atoms with Gasteiger partial charge in [-0.2, -0.15) is 0 Å². The third-order valence-corrected chi connectivity index (χ3v) is 4.07. The number of carbonyl (C=O) groups excluding carboxylic acids is 2. The first-order valence-corrected chi connectivity index (χ1v) is 8.10. The van der Waals surface area contributed by atoms with Crippen molar-refractivity contribution in [3.8, 4) is 0 Å². The SMILES string of the molecule is Cc1ccc(C2=C(Nc3cccc(F)c3)C(=O)N(C(C)C)C2=O)cc1. The van der Waals surface area contributed by atoms with Crippen LogP contribution in [0.4, 0.5) is 10.1 Å². The van der Waals surface area contributed by atoms with Gasteiger partial charge in [-0.1, -0.05) is 35.9 Å². The van der Waals surface area contributed by atoms with Crippen molar-refractivity contribution in [3.05, 3.63) is 71.2 Å². The molecule has 2 aromatic carbocycles. The zero-order valence-corrected chi connectivity index (χ0v) is 14.3. The minimum atomic E-state index is -0.417. The Kier molecular flexibility index (Phi) is 4.40. The molecule has 0 atom stereocenters. The van der Waals surface area contributed by atoms with Crippen LogP contribution < -0.4 is 5.32 Å². The Morgan fingerprint density at radius 1 is 1.00 bits per heavy atom. The van der Waals surface area contributed by atoms with Crippen molar-refractivity contribution in [1.29, 1.82) is 0 Å². The largest absolute Gasteiger partial charge is 0.350 e. The smallest absolute Gasteiger partial charge is 0.278 e. The van der Waals surface area contributed by atoms with Gasteiger partial charge in [0.2, 0.25) is 0 Å². The summed E-state index contributed by atoms with van der Waals surface area (Å²) in [6.07, 6.45) is 0. The first-order valence-electron chi connectivity index (χ1n) is 8.10. The molecule has 128 valence electrons. The maximum absolute atomic E-state index is 13.5. The number of amides is 2. The third kappa shape index (κ3) is 3.18. The number of nitrogens with one attached hydrogen (secondary N) is 1. The van der Waals surface area contributed by atoms with Crippen LogP contribution in [0.3, 0.4) is 0 Å². The van der Waals surface area contributed by atoms with Crippen molar-refractivity contribution in [1.82, 2.24) is 4.90 Å². The molecule has 1 N–H and O–H groups in total. The lowest BCUT2D eigenvalue weighted by Crippen LogP contribution is -2.38. The number of aryl methyl sites for hydroxylation is 1. The van der Waals surface area contributed by atoms with Gasteiger partial charge in [0.1, 0.15) is 11.5 Å². The lowest BCUT2D eigenvalue weighted by molar-refractivity contribution is -0.138. The van der Waals surface area contributed by atoms with Crippen molar-refractivity contribution in [2.24, 2.45) is 0 Å². The first-order chi connectivity index (χ1) is 11.9. The highest BCUT2D eigenvalue weighted by Crippen LogP contribution is 2.31. The van der Waals surface area contributed by atoms with Gasteiger partial charge in [0.25, 0.3) is 11.8 Å². The summed E-state index contributed by atoms with van der Waals surface area (Å²) in [4.78, 5) is 26.9. The molecule has 3 rings (SSSR count). The average molecular weight is 338 g/mol. The Morgan fingerprint density at radius 2 is 1.68 bits per heavy atom. The molecule has 0 radical (unpaired) electrons. The highest BCUT2D eigenvalue weighted by atomic mass is 19.1. The normalized spacial score (nSPS) is 14.7. The van der Waals surface area contributed by atoms with Crippen LogP contribution in [-0.2, 0) is 9.59 Å². The molecular formula is C20H19FN2O2. The van der Waals surface area contributed by atoms with Gasteiger partial charge < -0.3 is 5.32 Å². The van der Waals surface area contributed by atoms with Gasteiger partial charge in [-0.15, -0.1) is 0 Å². The average Bonchev–Trinajstić information content (AvgIpc) is 2.79. The standard InChI is InChI=1S/C20H19FN2O2/c1-12(2)23-19(24)17(14-9-7-13(3)8-10-14)18(20(23)25)22-16-6-4-5-15(21)11-16/h4-12,22H,1-3H3. The van der Waals surface area contributed by atoms with Crippen molar-refractivity contribution in [3.63, 3.8) is 0 Å². The number of hydrogen-bond donors (Lipinski definition) is 1. The Hall–Kier alpha value is -2.95. The third-order valence-electron chi connectivity index (χ3n) is 4.07. The monoisotopic (exact) mass is 338 g/mol. The van der Waals surface area contributed by atoms with E-state index in [1.54, 1.807) is 26.0 Å². The van der Waals surface area contributed by atoms with Crippen LogP contribution in [0.5, 0.6) is 0 Å². The molecule has 1 aliphatic heterocycles. The Labute approximate surface area is 146 Å². The predicted octanol–water partition coefficient (Wildman–Crippen LogP) is 3.73. The summed E-state index contributed by atoms with van der Waals surface area (Å²) in [5.74, 6) is -1.16. The summed E-state index contributed by atoms with van der Waals surface area (Å²) in [6.45, 7) is 5.52. The number of carbonyl (C=O) groups is 2. The number of hydrogen-bond acceptors (Lipinski definition) is 3. The molecule has 5 heteroatoms. The minimum absolute atomic E-state index is 0.174. The molecule has 0 bridgehead atoms. The van der Waals surface area contributed by atoms with Crippen molar-refractivity contribution < 1.29 is 14.0 Å². The second kappa shape index (κ2) is 6.51. The van der Waals surface area contributed by atoms with E-state index in [4.69, 9.17) is 0 Å². The summed E-state index contributed by atoms with van der Waals surface area (Å²) < 4.78 is 13.5. The highest BCUT2D eigenvalue weighted by molar-refractivity contribution is 6.36. The van der Waals surface area contributed by atoms with Gasteiger partial charge in [0.15, 0.2) is 0 Å². The van der Waals surface area contributed by atoms with E-state index in [9.17, 15) is 14.0 Å². The molecule has 0 aromatic heterocycles. The second-order valence-electron chi connectivity index (χ2n) is 6.33. The van der Waals surface area contributed by atoms with Crippen LogP contribution in [0.15, 0.2) is 54.2 Å². The van der Waals surface area contributed by atoms with Gasteiger partial charge in [-0.3, -0.25) is 14.5 Å². The minimum Gasteiger partial charge on any atom is -0.350 e. The zero-order chi connectivity index (χ0) is 18.1. The number of nitrogens with zero attached hydrogens (tertiary/aromatic N) is 1. The van der Waals surface area contributed by atoms with Crippen LogP contribution >= 0.6 is 0 Å². The molecule has 25 heavy (non-hydrogen) atoms. The Morgan fingerprint density at radius 3 is 2.28 bits per heavy atom. The molecule has 0 aliphatic carbocycles. The molecule has 0 fully saturated rings. The molecule has 0 saturated carbocycles. The summed E-state index contributed by atoms with van der Waals surface area (Å²) in [5, 5.41) is 2.94. The van der Waals surface area contributed by atoms with Crippen molar-refractivity contribution in [2.45, 2.75) is 26.8 Å². The molecule has 0 saturated heterocycles. The van der Waals surface area contributed by atoms with Gasteiger partial charge in [0.05, 0.1) is 5.57 Å². The highest BCUT2D eigenvalue weighted by Gasteiger charge is 2.40. The van der Waals surface area contributed by atoms with Crippen molar-refractivity contribution >= 4 is 23.1 Å². The van der Waals surface area contributed by atoms with E-state index in [-0.39, 0.29) is 17.6 Å². The molecular weight excluding hydrogens is 319 g/mol. The molecule has 1 aliphatic rings. The van der Waals surface area contributed by atoms with Crippen LogP contribution in [0.1, 0.15) is 25.0 Å². The molecule has 2 aromatic rings. The Bertz CT molecular complexity index is 870. The van der Waals surface area contributed by atoms with E-state index in [0.29, 0.717) is 16.8 Å². The first kappa shape index (κ1) is 16.9. The summed E-state index contributed by atoms with van der Waals surface area (Å²) in [7, 11) is 0. The molecule has 0 unspecified atom stereocenters. The molecule has 1 heterocycles. The summed E-state index contributed by atoms with van der Waals surface area (Å²) in [5.41, 5.74) is 2.62. The van der Waals surface area contributed by atoms with Crippen LogP contribution in [-0.4, -0.2) is 22.8 Å². The zero-order valence-electron chi connectivity index (χ0n) is 14.3. The van der Waals surface area contributed by atoms with Crippen molar-refractivity contribution in [2.75, 3.05) is 5.32 Å². The van der Waals surface area contributed by atoms with E-state index < -0.39 is 11.7 Å². The fourth-order valence-corrected chi connectivity index (χ4v) is 2.83. The van der Waals surface area contributed by atoms with Gasteiger partial charge in [-0.25, -0.2) is 4.39 Å². The van der Waals surface area contributed by atoms with E-state index in [1.165, 1.54) is 17.0 Å². The molecule has 4 nitrogen and oxygen atoms in total. The number of anilines is 1. The Balaban J connectivity index is 2.10. The predicted molar refractivity (Wildman–Crippen MR) is 95.1 cm³/mol. The molecule has 0 spiro atoms. The molecule has 2 amide bonds. The number of benzene rings is 2. The fraction of sp³-hybridized carbons (Fsp3) is 0.200. The number of rotatable bonds is 4. The quantitative estimate of drug-likeness (QED) is 0.864. The maximum Gasteiger partial charge on any atom is 0.278 e. The van der Waals surface area contributed by atoms with Crippen LogP contribution in [0.25, 0.3) is 5.57 Å². The van der Waals surface area contributed by atoms with Crippen LogP contribution in [0, 0.1) is 12.7 Å². The number of halogens is 1. The lowest BCUT2D eigenvalue weighted by atomic mass is 10.0. The second-order valence-corrected chi connectivity index (χ2v) is 6.33. The fourth-order valence-electron chi connectivity index (χ4n) is 2.83. The van der Waals surface area contributed by atoms with E-state index in [2.05, 4.69) is 5.32 Å². The maximum atomic E-state index is 13.5. The summed E-state index contributed by atoms with van der Waals surface area (Å²) in [6, 6.07) is 12.9. The van der Waals surface area contributed by atoms with E-state index >= 15 is 0 Å². The van der Waals surface area contributed by atoms with Gasteiger partial charge >= 0.3 is 0 Å². The number of imide groups is 1. The van der Waals surface area contributed by atoms with Gasteiger partial charge in [-0.05, 0) is 44.5 Å². The van der Waals surface area contributed by atoms with Crippen LogP contribution in [0.2, 0.25) is 0 Å². The lowest BCUT2D eigenvalue weighted by Gasteiger charge is -2.19. The summed E-state index contributed by atoms with van der Waals surface area (Å²) >= 11 is 0. The topological polar surface area (TPSA) is 49.4 Å². The van der Waals surface area contributed by atoms with Gasteiger partial charge in [0, 0.05) is 11.7 Å².